The van der Waals surface area contributed by atoms with Crippen molar-refractivity contribution in [2.75, 3.05) is 20.1 Å². The fourth-order valence-corrected chi connectivity index (χ4v) is 3.45. The first-order chi connectivity index (χ1) is 12.8. The monoisotopic (exact) mass is 381 g/mol. The van der Waals surface area contributed by atoms with Crippen molar-refractivity contribution < 1.29 is 18.0 Å². The smallest absolute Gasteiger partial charge is 0.346 e. The van der Waals surface area contributed by atoms with Gasteiger partial charge >= 0.3 is 6.18 Å². The van der Waals surface area contributed by atoms with Gasteiger partial charge in [0, 0.05) is 18.4 Å². The van der Waals surface area contributed by atoms with Crippen molar-refractivity contribution in [3.05, 3.63) is 47.0 Å². The molecule has 0 radical (unpaired) electrons. The fraction of sp³-hybridized carbons (Fsp3) is 0.500. The number of halogens is 3. The Morgan fingerprint density at radius 3 is 2.78 bits per heavy atom. The average molecular weight is 381 g/mol. The molecule has 146 valence electrons. The molecule has 2 aromatic rings. The Bertz CT molecular complexity index is 803. The number of hydrogen-bond acceptors (Lipinski definition) is 4. The minimum atomic E-state index is -4.70. The van der Waals surface area contributed by atoms with Crippen LogP contribution in [-0.4, -0.2) is 45.7 Å². The number of amides is 1. The third-order valence-electron chi connectivity index (χ3n) is 4.75. The summed E-state index contributed by atoms with van der Waals surface area (Å²) in [5.74, 6) is -0.791. The van der Waals surface area contributed by atoms with Gasteiger partial charge in [-0.2, -0.15) is 18.3 Å². The summed E-state index contributed by atoms with van der Waals surface area (Å²) in [5, 5.41) is 6.33. The van der Waals surface area contributed by atoms with E-state index < -0.39 is 23.3 Å². The summed E-state index contributed by atoms with van der Waals surface area (Å²) in [6.07, 6.45) is -1.53. The van der Waals surface area contributed by atoms with Gasteiger partial charge in [0.15, 0.2) is 5.69 Å². The van der Waals surface area contributed by atoms with E-state index in [4.69, 9.17) is 0 Å². The van der Waals surface area contributed by atoms with E-state index >= 15 is 0 Å². The van der Waals surface area contributed by atoms with E-state index in [1.54, 1.807) is 24.4 Å². The number of likely N-dealkylation sites (N-methyl/N-ethyl adjacent to an activating group) is 1. The third kappa shape index (κ3) is 4.29. The van der Waals surface area contributed by atoms with Gasteiger partial charge in [-0.3, -0.25) is 14.5 Å². The highest BCUT2D eigenvalue weighted by Gasteiger charge is 2.41. The number of nitrogens with zero attached hydrogens (tertiary/aromatic N) is 4. The van der Waals surface area contributed by atoms with Crippen molar-refractivity contribution in [1.29, 1.82) is 0 Å². The summed E-state index contributed by atoms with van der Waals surface area (Å²) in [6.45, 7) is 3.08. The molecule has 1 unspecified atom stereocenters. The molecule has 3 heterocycles. The number of carbonyl (C=O) groups excluding carboxylic acids is 1. The quantitative estimate of drug-likeness (QED) is 0.885. The van der Waals surface area contributed by atoms with Crippen LogP contribution in [0.1, 0.15) is 46.3 Å². The Kier molecular flexibility index (Phi) is 5.50. The van der Waals surface area contributed by atoms with Gasteiger partial charge < -0.3 is 10.2 Å². The second-order valence-corrected chi connectivity index (χ2v) is 6.81. The summed E-state index contributed by atoms with van der Waals surface area (Å²) in [5.41, 5.74) is -0.738. The highest BCUT2D eigenvalue weighted by atomic mass is 19.4. The van der Waals surface area contributed by atoms with E-state index in [2.05, 4.69) is 20.3 Å². The van der Waals surface area contributed by atoms with Gasteiger partial charge in [-0.05, 0) is 45.5 Å². The zero-order valence-corrected chi connectivity index (χ0v) is 15.3. The molecular weight excluding hydrogens is 359 g/mol. The van der Waals surface area contributed by atoms with E-state index in [-0.39, 0.29) is 18.3 Å². The SMILES string of the molecule is Cc1c(C(=O)NCc2ccccn2)c(C(F)(F)F)nn1C1CCCN(C)C1. The molecule has 2 aromatic heterocycles. The molecule has 0 aromatic carbocycles. The molecule has 27 heavy (non-hydrogen) atoms. The first-order valence-corrected chi connectivity index (χ1v) is 8.80. The van der Waals surface area contributed by atoms with Crippen LogP contribution in [0.15, 0.2) is 24.4 Å². The maximum atomic E-state index is 13.5. The van der Waals surface area contributed by atoms with Crippen LogP contribution in [-0.2, 0) is 12.7 Å². The maximum Gasteiger partial charge on any atom is 0.435 e. The summed E-state index contributed by atoms with van der Waals surface area (Å²) in [4.78, 5) is 18.7. The molecule has 1 saturated heterocycles. The minimum Gasteiger partial charge on any atom is -0.346 e. The lowest BCUT2D eigenvalue weighted by atomic mass is 10.1. The molecular formula is C18H22F3N5O. The third-order valence-corrected chi connectivity index (χ3v) is 4.75. The molecule has 3 rings (SSSR count). The van der Waals surface area contributed by atoms with E-state index in [9.17, 15) is 18.0 Å². The van der Waals surface area contributed by atoms with Crippen LogP contribution in [0.2, 0.25) is 0 Å². The van der Waals surface area contributed by atoms with Crippen molar-refractivity contribution >= 4 is 5.91 Å². The number of piperidine rings is 1. The van der Waals surface area contributed by atoms with Crippen LogP contribution in [0.4, 0.5) is 13.2 Å². The standard InChI is InChI=1S/C18H22F3N5O/c1-12-15(17(27)23-10-13-6-3-4-8-22-13)16(18(19,20)21)24-26(12)14-7-5-9-25(2)11-14/h3-4,6,8,14H,5,7,9-11H2,1-2H3,(H,23,27). The number of nitrogens with one attached hydrogen (secondary N) is 1. The lowest BCUT2D eigenvalue weighted by molar-refractivity contribution is -0.142. The summed E-state index contributed by atoms with van der Waals surface area (Å²) in [7, 11) is 1.93. The second kappa shape index (κ2) is 7.67. The average Bonchev–Trinajstić information content (AvgIpc) is 2.98. The van der Waals surface area contributed by atoms with Crippen LogP contribution in [0.25, 0.3) is 0 Å². The highest BCUT2D eigenvalue weighted by molar-refractivity contribution is 5.96. The fourth-order valence-electron chi connectivity index (χ4n) is 3.45. The predicted octanol–water partition coefficient (Wildman–Crippen LogP) is 2.80. The number of pyridine rings is 1. The topological polar surface area (TPSA) is 63.1 Å². The van der Waals surface area contributed by atoms with Crippen molar-refractivity contribution in [2.24, 2.45) is 0 Å². The molecule has 0 spiro atoms. The first kappa shape index (κ1) is 19.3. The molecule has 1 fully saturated rings. The van der Waals surface area contributed by atoms with Gasteiger partial charge in [-0.25, -0.2) is 0 Å². The van der Waals surface area contributed by atoms with Crippen LogP contribution in [0, 0.1) is 6.92 Å². The number of hydrogen-bond donors (Lipinski definition) is 1. The van der Waals surface area contributed by atoms with Crippen LogP contribution in [0.3, 0.4) is 0 Å². The van der Waals surface area contributed by atoms with Gasteiger partial charge in [0.2, 0.25) is 0 Å². The van der Waals surface area contributed by atoms with Crippen molar-refractivity contribution in [2.45, 2.75) is 38.5 Å². The summed E-state index contributed by atoms with van der Waals surface area (Å²) < 4.78 is 42.0. The molecule has 0 aliphatic carbocycles. The number of rotatable bonds is 4. The summed E-state index contributed by atoms with van der Waals surface area (Å²) >= 11 is 0. The van der Waals surface area contributed by atoms with Crippen molar-refractivity contribution in [3.63, 3.8) is 0 Å². The normalized spacial score (nSPS) is 18.5. The Labute approximate surface area is 155 Å². The Balaban J connectivity index is 1.89. The van der Waals surface area contributed by atoms with Crippen LogP contribution in [0.5, 0.6) is 0 Å². The zero-order chi connectivity index (χ0) is 19.6. The Hall–Kier alpha value is -2.42. The van der Waals surface area contributed by atoms with Crippen LogP contribution < -0.4 is 5.32 Å². The molecule has 1 atom stereocenters. The maximum absolute atomic E-state index is 13.5. The minimum absolute atomic E-state index is 0.0494. The van der Waals surface area contributed by atoms with Gasteiger partial charge in [0.05, 0.1) is 23.8 Å². The van der Waals surface area contributed by atoms with Gasteiger partial charge in [-0.15, -0.1) is 0 Å². The molecule has 0 bridgehead atoms. The highest BCUT2D eigenvalue weighted by Crippen LogP contribution is 2.34. The largest absolute Gasteiger partial charge is 0.435 e. The lowest BCUT2D eigenvalue weighted by Gasteiger charge is -2.30. The van der Waals surface area contributed by atoms with Crippen LogP contribution >= 0.6 is 0 Å². The van der Waals surface area contributed by atoms with Gasteiger partial charge in [0.1, 0.15) is 0 Å². The van der Waals surface area contributed by atoms with Gasteiger partial charge in [-0.1, -0.05) is 6.07 Å². The second-order valence-electron chi connectivity index (χ2n) is 6.81. The van der Waals surface area contributed by atoms with E-state index in [1.807, 2.05) is 7.05 Å². The lowest BCUT2D eigenvalue weighted by Crippen LogP contribution is -2.34. The molecule has 6 nitrogen and oxygen atoms in total. The van der Waals surface area contributed by atoms with E-state index in [0.717, 1.165) is 19.4 Å². The number of carbonyl (C=O) groups is 1. The first-order valence-electron chi connectivity index (χ1n) is 8.80. The number of alkyl halides is 3. The Morgan fingerprint density at radius 2 is 2.15 bits per heavy atom. The zero-order valence-electron chi connectivity index (χ0n) is 15.3. The van der Waals surface area contributed by atoms with Gasteiger partial charge in [0.25, 0.3) is 5.91 Å². The molecule has 9 heteroatoms. The Morgan fingerprint density at radius 1 is 1.37 bits per heavy atom. The number of aromatic nitrogens is 3. The van der Waals surface area contributed by atoms with Crippen molar-refractivity contribution in [1.82, 2.24) is 25.0 Å². The van der Waals surface area contributed by atoms with E-state index in [0.29, 0.717) is 12.2 Å². The molecule has 1 aliphatic heterocycles. The molecule has 1 N–H and O–H groups in total. The molecule has 1 aliphatic rings. The molecule has 0 saturated carbocycles. The van der Waals surface area contributed by atoms with E-state index in [1.165, 1.54) is 11.6 Å². The van der Waals surface area contributed by atoms with Crippen molar-refractivity contribution in [3.8, 4) is 0 Å². The predicted molar refractivity (Wildman–Crippen MR) is 93.1 cm³/mol. The molecule has 1 amide bonds. The number of likely N-dealkylation sites (tertiary alicyclic amines) is 1. The summed E-state index contributed by atoms with van der Waals surface area (Å²) in [6, 6.07) is 4.99.